The van der Waals surface area contributed by atoms with Crippen molar-refractivity contribution in [2.75, 3.05) is 11.9 Å². The predicted octanol–water partition coefficient (Wildman–Crippen LogP) is 3.76. The van der Waals surface area contributed by atoms with Crippen molar-refractivity contribution in [3.05, 3.63) is 64.7 Å². The lowest BCUT2D eigenvalue weighted by atomic mass is 10.0. The third kappa shape index (κ3) is 3.58. The van der Waals surface area contributed by atoms with Gasteiger partial charge in [-0.2, -0.15) is 0 Å². The maximum Gasteiger partial charge on any atom is 0.0962 e. The van der Waals surface area contributed by atoms with Crippen molar-refractivity contribution in [1.29, 1.82) is 0 Å². The van der Waals surface area contributed by atoms with Crippen molar-refractivity contribution < 1.29 is 5.11 Å². The number of hydrogen-bond acceptors (Lipinski definition) is 2. The molecule has 2 N–H and O–H groups in total. The predicted molar refractivity (Wildman–Crippen MR) is 80.5 cm³/mol. The van der Waals surface area contributed by atoms with E-state index in [2.05, 4.69) is 50.4 Å². The van der Waals surface area contributed by atoms with Crippen LogP contribution in [0.3, 0.4) is 0 Å². The highest BCUT2D eigenvalue weighted by Crippen LogP contribution is 2.18. The van der Waals surface area contributed by atoms with E-state index in [9.17, 15) is 5.11 Å². The molecule has 2 nitrogen and oxygen atoms in total. The van der Waals surface area contributed by atoms with Crippen molar-refractivity contribution in [3.8, 4) is 0 Å². The van der Waals surface area contributed by atoms with Crippen molar-refractivity contribution in [3.63, 3.8) is 0 Å². The molecular formula is C17H21NO. The Morgan fingerprint density at radius 3 is 2.26 bits per heavy atom. The van der Waals surface area contributed by atoms with E-state index >= 15 is 0 Å². The molecule has 0 saturated carbocycles. The van der Waals surface area contributed by atoms with Crippen LogP contribution in [0.5, 0.6) is 0 Å². The molecule has 0 heterocycles. The lowest BCUT2D eigenvalue weighted by Crippen LogP contribution is -2.12. The van der Waals surface area contributed by atoms with Crippen molar-refractivity contribution in [1.82, 2.24) is 0 Å². The van der Waals surface area contributed by atoms with Crippen LogP contribution >= 0.6 is 0 Å². The van der Waals surface area contributed by atoms with Crippen LogP contribution in [-0.4, -0.2) is 11.7 Å². The molecule has 0 amide bonds. The summed E-state index contributed by atoms with van der Waals surface area (Å²) in [7, 11) is 0. The fourth-order valence-electron chi connectivity index (χ4n) is 1.98. The van der Waals surface area contributed by atoms with Crippen LogP contribution in [0.15, 0.2) is 42.5 Å². The zero-order chi connectivity index (χ0) is 13.8. The topological polar surface area (TPSA) is 32.3 Å². The Balaban J connectivity index is 1.98. The molecule has 0 aromatic heterocycles. The van der Waals surface area contributed by atoms with Gasteiger partial charge in [0.25, 0.3) is 0 Å². The molecule has 2 heteroatoms. The second-order valence-corrected chi connectivity index (χ2v) is 5.11. The average molecular weight is 255 g/mol. The van der Waals surface area contributed by atoms with Crippen LogP contribution in [0, 0.1) is 20.8 Å². The SMILES string of the molecule is Cc1ccc(NCC(O)c2ccc(C)c(C)c2)cc1. The third-order valence-electron chi connectivity index (χ3n) is 3.47. The minimum Gasteiger partial charge on any atom is -0.387 e. The van der Waals surface area contributed by atoms with E-state index in [4.69, 9.17) is 0 Å². The highest BCUT2D eigenvalue weighted by molar-refractivity contribution is 5.44. The molecule has 2 rings (SSSR count). The van der Waals surface area contributed by atoms with Crippen LogP contribution in [0.2, 0.25) is 0 Å². The molecule has 1 atom stereocenters. The number of nitrogens with one attached hydrogen (secondary N) is 1. The first-order chi connectivity index (χ1) is 9.06. The largest absolute Gasteiger partial charge is 0.387 e. The van der Waals surface area contributed by atoms with E-state index in [1.54, 1.807) is 0 Å². The van der Waals surface area contributed by atoms with Crippen molar-refractivity contribution in [2.24, 2.45) is 0 Å². The summed E-state index contributed by atoms with van der Waals surface area (Å²) in [6.07, 6.45) is -0.486. The summed E-state index contributed by atoms with van der Waals surface area (Å²) in [5, 5.41) is 13.4. The Labute approximate surface area is 115 Å². The average Bonchev–Trinajstić information content (AvgIpc) is 2.41. The second kappa shape index (κ2) is 5.89. The molecule has 0 aliphatic heterocycles. The maximum absolute atomic E-state index is 10.2. The number of benzene rings is 2. The molecule has 0 aliphatic carbocycles. The van der Waals surface area contributed by atoms with Crippen molar-refractivity contribution >= 4 is 5.69 Å². The van der Waals surface area contributed by atoms with Crippen LogP contribution in [-0.2, 0) is 0 Å². The van der Waals surface area contributed by atoms with E-state index in [0.29, 0.717) is 6.54 Å². The first-order valence-corrected chi connectivity index (χ1v) is 6.62. The summed E-state index contributed by atoms with van der Waals surface area (Å²) >= 11 is 0. The minimum atomic E-state index is -0.486. The summed E-state index contributed by atoms with van der Waals surface area (Å²) in [6.45, 7) is 6.73. The normalized spacial score (nSPS) is 12.2. The van der Waals surface area contributed by atoms with Crippen LogP contribution in [0.1, 0.15) is 28.4 Å². The van der Waals surface area contributed by atoms with E-state index in [1.165, 1.54) is 16.7 Å². The standard InChI is InChI=1S/C17H21NO/c1-12-4-8-16(9-5-12)18-11-17(19)15-7-6-13(2)14(3)10-15/h4-10,17-19H,11H2,1-3H3. The van der Waals surface area contributed by atoms with Gasteiger partial charge in [-0.1, -0.05) is 35.9 Å². The fraction of sp³-hybridized carbons (Fsp3) is 0.294. The summed E-state index contributed by atoms with van der Waals surface area (Å²) in [5.41, 5.74) is 5.70. The Bertz CT molecular complexity index is 546. The second-order valence-electron chi connectivity index (χ2n) is 5.11. The van der Waals surface area contributed by atoms with E-state index < -0.39 is 6.10 Å². The van der Waals surface area contributed by atoms with Gasteiger partial charge in [-0.15, -0.1) is 0 Å². The van der Waals surface area contributed by atoms with Crippen LogP contribution < -0.4 is 5.32 Å². The number of anilines is 1. The van der Waals surface area contributed by atoms with E-state index in [0.717, 1.165) is 11.3 Å². The zero-order valence-corrected chi connectivity index (χ0v) is 11.8. The summed E-state index contributed by atoms with van der Waals surface area (Å²) in [5.74, 6) is 0. The maximum atomic E-state index is 10.2. The van der Waals surface area contributed by atoms with Gasteiger partial charge >= 0.3 is 0 Å². The van der Waals surface area contributed by atoms with Crippen LogP contribution in [0.4, 0.5) is 5.69 Å². The Morgan fingerprint density at radius 1 is 0.947 bits per heavy atom. The summed E-state index contributed by atoms with van der Waals surface area (Å²) < 4.78 is 0. The van der Waals surface area contributed by atoms with Gasteiger partial charge in [-0.05, 0) is 49.6 Å². The number of aliphatic hydroxyl groups excluding tert-OH is 1. The van der Waals surface area contributed by atoms with Gasteiger partial charge in [0.1, 0.15) is 0 Å². The minimum absolute atomic E-state index is 0.486. The highest BCUT2D eigenvalue weighted by atomic mass is 16.3. The molecule has 1 unspecified atom stereocenters. The molecular weight excluding hydrogens is 234 g/mol. The molecule has 0 spiro atoms. The van der Waals surface area contributed by atoms with Gasteiger partial charge in [-0.3, -0.25) is 0 Å². The van der Waals surface area contributed by atoms with E-state index in [-0.39, 0.29) is 0 Å². The van der Waals surface area contributed by atoms with Crippen LogP contribution in [0.25, 0.3) is 0 Å². The van der Waals surface area contributed by atoms with Gasteiger partial charge in [0.15, 0.2) is 0 Å². The molecule has 0 radical (unpaired) electrons. The fourth-order valence-corrected chi connectivity index (χ4v) is 1.98. The van der Waals surface area contributed by atoms with Gasteiger partial charge in [0.05, 0.1) is 6.10 Å². The quantitative estimate of drug-likeness (QED) is 0.872. The number of aliphatic hydroxyl groups is 1. The number of hydrogen-bond donors (Lipinski definition) is 2. The molecule has 19 heavy (non-hydrogen) atoms. The molecule has 100 valence electrons. The molecule has 0 saturated heterocycles. The lowest BCUT2D eigenvalue weighted by Gasteiger charge is -2.14. The lowest BCUT2D eigenvalue weighted by molar-refractivity contribution is 0.191. The van der Waals surface area contributed by atoms with Gasteiger partial charge in [-0.25, -0.2) is 0 Å². The smallest absolute Gasteiger partial charge is 0.0962 e. The van der Waals surface area contributed by atoms with Gasteiger partial charge < -0.3 is 10.4 Å². The first kappa shape index (κ1) is 13.6. The highest BCUT2D eigenvalue weighted by Gasteiger charge is 2.08. The number of rotatable bonds is 4. The van der Waals surface area contributed by atoms with Gasteiger partial charge in [0, 0.05) is 12.2 Å². The third-order valence-corrected chi connectivity index (χ3v) is 3.47. The Morgan fingerprint density at radius 2 is 1.63 bits per heavy atom. The first-order valence-electron chi connectivity index (χ1n) is 6.62. The molecule has 0 fully saturated rings. The molecule has 0 aliphatic rings. The van der Waals surface area contributed by atoms with E-state index in [1.807, 2.05) is 18.2 Å². The monoisotopic (exact) mass is 255 g/mol. The van der Waals surface area contributed by atoms with Gasteiger partial charge in [0.2, 0.25) is 0 Å². The summed E-state index contributed by atoms with van der Waals surface area (Å²) in [6, 6.07) is 14.3. The van der Waals surface area contributed by atoms with Crippen molar-refractivity contribution in [2.45, 2.75) is 26.9 Å². The molecule has 2 aromatic carbocycles. The zero-order valence-electron chi connectivity index (χ0n) is 11.8. The molecule has 2 aromatic rings. The summed E-state index contributed by atoms with van der Waals surface area (Å²) in [4.78, 5) is 0. The molecule has 0 bridgehead atoms. The number of aryl methyl sites for hydroxylation is 3. The Kier molecular flexibility index (Phi) is 4.23. The Hall–Kier alpha value is -1.80.